The lowest BCUT2D eigenvalue weighted by Gasteiger charge is -2.05. The Kier molecular flexibility index (Phi) is 2.83. The van der Waals surface area contributed by atoms with Gasteiger partial charge in [0.2, 0.25) is 0 Å². The highest BCUT2D eigenvalue weighted by Gasteiger charge is 2.01. The predicted molar refractivity (Wildman–Crippen MR) is 65.1 cm³/mol. The van der Waals surface area contributed by atoms with Crippen LogP contribution >= 0.6 is 22.6 Å². The van der Waals surface area contributed by atoms with E-state index in [4.69, 9.17) is 7.85 Å². The van der Waals surface area contributed by atoms with Crippen LogP contribution in [0.1, 0.15) is 0 Å². The van der Waals surface area contributed by atoms with Crippen molar-refractivity contribution < 1.29 is 0 Å². The van der Waals surface area contributed by atoms with E-state index >= 15 is 0 Å². The van der Waals surface area contributed by atoms with E-state index in [1.807, 2.05) is 6.07 Å². The second-order valence-electron chi connectivity index (χ2n) is 2.68. The zero-order valence-electron chi connectivity index (χ0n) is 7.14. The number of nitrogens with zero attached hydrogens (tertiary/aromatic N) is 2. The lowest BCUT2D eigenvalue weighted by Crippen LogP contribution is -2.07. The van der Waals surface area contributed by atoms with Crippen molar-refractivity contribution >= 4 is 52.7 Å². The molecule has 68 valence electrons. The van der Waals surface area contributed by atoms with Crippen molar-refractivity contribution in [3.63, 3.8) is 0 Å². The fourth-order valence-corrected chi connectivity index (χ4v) is 1.75. The zero-order chi connectivity index (χ0) is 9.97. The van der Waals surface area contributed by atoms with Gasteiger partial charge in [-0.2, -0.15) is 0 Å². The number of rotatable bonds is 2. The number of hydrogen-bond donors (Lipinski definition) is 2. The molecule has 3 nitrogen and oxygen atoms in total. The normalized spacial score (nSPS) is 10.4. The molecule has 0 unspecified atom stereocenters. The molecule has 14 heavy (non-hydrogen) atoms. The third-order valence-electron chi connectivity index (χ3n) is 1.77. The van der Waals surface area contributed by atoms with Gasteiger partial charge in [-0.3, -0.25) is 9.97 Å². The van der Waals surface area contributed by atoms with Gasteiger partial charge >= 0.3 is 0 Å². The van der Waals surface area contributed by atoms with Gasteiger partial charge in [-0.15, -0.1) is 0 Å². The Morgan fingerprint density at radius 3 is 2.86 bits per heavy atom. The molecule has 0 bridgehead atoms. The van der Waals surface area contributed by atoms with Gasteiger partial charge in [0.05, 0.1) is 11.0 Å². The Labute approximate surface area is 92.1 Å². The van der Waals surface area contributed by atoms with Gasteiger partial charge < -0.3 is 4.72 Å². The Morgan fingerprint density at radius 2 is 2.07 bits per heavy atom. The summed E-state index contributed by atoms with van der Waals surface area (Å²) in [6.07, 6.45) is 3.26. The second-order valence-corrected chi connectivity index (χ2v) is 3.62. The van der Waals surface area contributed by atoms with Gasteiger partial charge in [0.1, 0.15) is 7.85 Å². The fourth-order valence-electron chi connectivity index (χ4n) is 1.21. The van der Waals surface area contributed by atoms with Crippen molar-refractivity contribution in [1.29, 1.82) is 0 Å². The minimum absolute atomic E-state index is 0.612. The molecule has 1 heterocycles. The van der Waals surface area contributed by atoms with E-state index in [-0.39, 0.29) is 0 Å². The average Bonchev–Trinajstić information content (AvgIpc) is 2.18. The van der Waals surface area contributed by atoms with E-state index in [9.17, 15) is 0 Å². The van der Waals surface area contributed by atoms with Crippen molar-refractivity contribution in [1.82, 2.24) is 9.97 Å². The number of thiol groups is 1. The summed E-state index contributed by atoms with van der Waals surface area (Å²) < 4.78 is 2.97. The maximum atomic E-state index is 5.81. The Bertz CT molecular complexity index is 463. The van der Waals surface area contributed by atoms with Crippen molar-refractivity contribution in [2.24, 2.45) is 0 Å². The summed E-state index contributed by atoms with van der Waals surface area (Å²) in [6.45, 7) is 0. The number of hydrogen-bond acceptors (Lipinski definition) is 5. The fraction of sp³-hybridized carbons (Fsp3) is 0. The first-order valence-corrected chi connectivity index (χ1v) is 5.75. The summed E-state index contributed by atoms with van der Waals surface area (Å²) >= 11 is 3.99. The zero-order valence-corrected chi connectivity index (χ0v) is 8.85. The van der Waals surface area contributed by atoms with Crippen LogP contribution in [-0.2, 0) is 0 Å². The van der Waals surface area contributed by atoms with Gasteiger partial charge in [0.25, 0.3) is 0 Å². The molecule has 1 aromatic heterocycles. The van der Waals surface area contributed by atoms with Crippen LogP contribution in [0.5, 0.6) is 0 Å². The van der Waals surface area contributed by atoms with Crippen molar-refractivity contribution in [2.75, 3.05) is 4.72 Å². The van der Waals surface area contributed by atoms with Crippen LogP contribution in [0, 0.1) is 0 Å². The third-order valence-corrected chi connectivity index (χ3v) is 2.37. The first-order valence-electron chi connectivity index (χ1n) is 3.88. The largest absolute Gasteiger partial charge is 0.321 e. The van der Waals surface area contributed by atoms with Gasteiger partial charge in [-0.1, -0.05) is 17.1 Å². The molecular weight excluding hydrogens is 213 g/mol. The molecule has 1 aromatic carbocycles. The minimum Gasteiger partial charge on any atom is -0.321 e. The van der Waals surface area contributed by atoms with Crippen LogP contribution in [0.25, 0.3) is 11.0 Å². The van der Waals surface area contributed by atoms with Gasteiger partial charge in [-0.25, -0.2) is 0 Å². The lowest BCUT2D eigenvalue weighted by atomic mass is 9.94. The molecule has 6 heteroatoms. The SMILES string of the molecule is [B]c1cc(NSS)cc2nccnc12. The molecule has 0 amide bonds. The Balaban J connectivity index is 2.60. The van der Waals surface area contributed by atoms with Crippen molar-refractivity contribution in [3.8, 4) is 0 Å². The summed E-state index contributed by atoms with van der Waals surface area (Å²) in [5, 5.41) is 0. The highest BCUT2D eigenvalue weighted by Crippen LogP contribution is 2.17. The van der Waals surface area contributed by atoms with Gasteiger partial charge in [-0.05, 0) is 12.1 Å². The highest BCUT2D eigenvalue weighted by molar-refractivity contribution is 8.69. The molecule has 2 rings (SSSR count). The van der Waals surface area contributed by atoms with E-state index in [1.54, 1.807) is 18.5 Å². The highest BCUT2D eigenvalue weighted by atomic mass is 33.1. The molecular formula is C8H6BN3S2. The number of fused-ring (bicyclic) bond motifs is 1. The molecule has 0 fully saturated rings. The molecule has 0 atom stereocenters. The summed E-state index contributed by atoms with van der Waals surface area (Å²) in [7, 11) is 7.02. The first-order chi connectivity index (χ1) is 6.81. The Hall–Kier alpha value is -0.875. The van der Waals surface area contributed by atoms with Crippen molar-refractivity contribution in [3.05, 3.63) is 24.5 Å². The van der Waals surface area contributed by atoms with E-state index in [0.29, 0.717) is 5.46 Å². The minimum atomic E-state index is 0.612. The number of anilines is 1. The number of aromatic nitrogens is 2. The number of benzene rings is 1. The quantitative estimate of drug-likeness (QED) is 0.346. The van der Waals surface area contributed by atoms with Crippen LogP contribution in [-0.4, -0.2) is 17.8 Å². The summed E-state index contributed by atoms with van der Waals surface area (Å²) in [6, 6.07) is 3.68. The summed E-state index contributed by atoms with van der Waals surface area (Å²) in [5.41, 5.74) is 2.98. The van der Waals surface area contributed by atoms with Crippen LogP contribution in [0.2, 0.25) is 0 Å². The maximum Gasteiger partial charge on any atom is 0.117 e. The van der Waals surface area contributed by atoms with Crippen LogP contribution in [0.15, 0.2) is 24.5 Å². The molecule has 0 spiro atoms. The lowest BCUT2D eigenvalue weighted by molar-refractivity contribution is 1.30. The van der Waals surface area contributed by atoms with Crippen LogP contribution in [0.4, 0.5) is 5.69 Å². The third kappa shape index (κ3) is 1.81. The topological polar surface area (TPSA) is 37.8 Å². The van der Waals surface area contributed by atoms with Gasteiger partial charge in [0, 0.05) is 29.1 Å². The van der Waals surface area contributed by atoms with E-state index in [1.165, 1.54) is 11.0 Å². The molecule has 0 aliphatic rings. The standard InChI is InChI=1S/C8H6BN3S2/c9-6-3-5(12-14-13)4-7-8(6)11-2-1-10-7/h1-4,12-13H. The van der Waals surface area contributed by atoms with E-state index < -0.39 is 0 Å². The second kappa shape index (κ2) is 4.10. The molecule has 2 radical (unpaired) electrons. The smallest absolute Gasteiger partial charge is 0.117 e. The predicted octanol–water partition coefficient (Wildman–Crippen LogP) is 1.33. The van der Waals surface area contributed by atoms with Gasteiger partial charge in [0.15, 0.2) is 0 Å². The van der Waals surface area contributed by atoms with E-state index in [0.717, 1.165) is 16.7 Å². The molecule has 0 saturated carbocycles. The first kappa shape index (κ1) is 9.67. The summed E-state index contributed by atoms with van der Waals surface area (Å²) in [4.78, 5) is 8.31. The summed E-state index contributed by atoms with van der Waals surface area (Å²) in [5.74, 6) is 0. The maximum absolute atomic E-state index is 5.81. The van der Waals surface area contributed by atoms with Crippen LogP contribution < -0.4 is 10.2 Å². The Morgan fingerprint density at radius 1 is 1.29 bits per heavy atom. The van der Waals surface area contributed by atoms with Crippen molar-refractivity contribution in [2.45, 2.75) is 0 Å². The molecule has 2 aromatic rings. The molecule has 0 saturated heterocycles. The van der Waals surface area contributed by atoms with Crippen LogP contribution in [0.3, 0.4) is 0 Å². The monoisotopic (exact) mass is 219 g/mol. The molecule has 0 aliphatic heterocycles. The number of nitrogens with one attached hydrogen (secondary N) is 1. The average molecular weight is 219 g/mol. The molecule has 1 N–H and O–H groups in total. The van der Waals surface area contributed by atoms with E-state index in [2.05, 4.69) is 26.4 Å². The molecule has 0 aliphatic carbocycles.